The summed E-state index contributed by atoms with van der Waals surface area (Å²) in [6, 6.07) is 0. The number of hydrogen-bond donors (Lipinski definition) is 1. The number of nitrogens with two attached hydrogens (primary N) is 1. The lowest BCUT2D eigenvalue weighted by Crippen LogP contribution is -2.10. The highest BCUT2D eigenvalue weighted by Crippen LogP contribution is 2.32. The Balaban J connectivity index is 3.40. The molecule has 14 heavy (non-hydrogen) atoms. The molecule has 0 unspecified atom stereocenters. The van der Waals surface area contributed by atoms with Gasteiger partial charge in [0.25, 0.3) is 0 Å². The van der Waals surface area contributed by atoms with Crippen LogP contribution in [0.3, 0.4) is 0 Å². The number of rotatable bonds is 1. The van der Waals surface area contributed by atoms with E-state index in [1.807, 2.05) is 0 Å². The second-order valence-electron chi connectivity index (χ2n) is 2.58. The number of aromatic nitrogens is 1. The van der Waals surface area contributed by atoms with Gasteiger partial charge in [0.1, 0.15) is 0 Å². The van der Waals surface area contributed by atoms with Crippen molar-refractivity contribution < 1.29 is 9.53 Å². The number of esters is 1. The third-order valence-electron chi connectivity index (χ3n) is 1.66. The van der Waals surface area contributed by atoms with Crippen LogP contribution in [0.5, 0.6) is 0 Å². The predicted octanol–water partition coefficient (Wildman–Crippen LogP) is 2.17. The minimum absolute atomic E-state index is 0.0400. The summed E-state index contributed by atoms with van der Waals surface area (Å²) in [5.41, 5.74) is 6.35. The van der Waals surface area contributed by atoms with Crippen molar-refractivity contribution in [3.8, 4) is 0 Å². The molecule has 0 aliphatic heterocycles. The van der Waals surface area contributed by atoms with Gasteiger partial charge in [-0.15, -0.1) is 0 Å². The van der Waals surface area contributed by atoms with Gasteiger partial charge < -0.3 is 10.5 Å². The number of hydrogen-bond acceptors (Lipinski definition) is 4. The third-order valence-corrected chi connectivity index (χ3v) is 3.25. The number of carbonyl (C=O) groups excluding carboxylic acids is 1. The van der Waals surface area contributed by atoms with E-state index in [1.165, 1.54) is 7.11 Å². The first-order valence-corrected chi connectivity index (χ1v) is 4.85. The lowest BCUT2D eigenvalue weighted by Gasteiger charge is -2.08. The molecule has 2 N–H and O–H groups in total. The lowest BCUT2D eigenvalue weighted by molar-refractivity contribution is 0.0595. The molecule has 6 heteroatoms. The molecular formula is C8H8BrClN2O2. The van der Waals surface area contributed by atoms with Crippen LogP contribution >= 0.6 is 27.5 Å². The maximum atomic E-state index is 11.2. The second kappa shape index (κ2) is 4.14. The number of nitrogen functional groups attached to an aromatic ring is 1. The summed E-state index contributed by atoms with van der Waals surface area (Å²) in [5, 5.41) is 0.276. The van der Waals surface area contributed by atoms with Gasteiger partial charge in [0.05, 0.1) is 28.0 Å². The maximum Gasteiger partial charge on any atom is 0.358 e. The Morgan fingerprint density at radius 1 is 1.64 bits per heavy atom. The fraction of sp³-hybridized carbons (Fsp3) is 0.250. The summed E-state index contributed by atoms with van der Waals surface area (Å²) in [6.07, 6.45) is 0. The maximum absolute atomic E-state index is 11.2. The highest BCUT2D eigenvalue weighted by Gasteiger charge is 2.18. The van der Waals surface area contributed by atoms with Gasteiger partial charge in [-0.25, -0.2) is 9.78 Å². The molecule has 1 heterocycles. The van der Waals surface area contributed by atoms with Crippen LogP contribution in [0.2, 0.25) is 5.02 Å². The number of carbonyl (C=O) groups is 1. The Labute approximate surface area is 94.5 Å². The number of halogens is 2. The number of aryl methyl sites for hydroxylation is 1. The van der Waals surface area contributed by atoms with Crippen LogP contribution in [0.15, 0.2) is 4.47 Å². The fourth-order valence-electron chi connectivity index (χ4n) is 0.910. The molecule has 0 spiro atoms. The van der Waals surface area contributed by atoms with Gasteiger partial charge in [0.15, 0.2) is 5.69 Å². The van der Waals surface area contributed by atoms with Crippen molar-refractivity contribution in [3.05, 3.63) is 20.9 Å². The van der Waals surface area contributed by atoms with Crippen molar-refractivity contribution in [2.45, 2.75) is 6.92 Å². The van der Waals surface area contributed by atoms with E-state index in [0.717, 1.165) is 0 Å². The van der Waals surface area contributed by atoms with Crippen molar-refractivity contribution in [3.63, 3.8) is 0 Å². The van der Waals surface area contributed by atoms with Gasteiger partial charge >= 0.3 is 5.97 Å². The van der Waals surface area contributed by atoms with E-state index in [1.54, 1.807) is 6.92 Å². The zero-order valence-corrected chi connectivity index (χ0v) is 9.94. The Morgan fingerprint density at radius 2 is 2.21 bits per heavy atom. The molecule has 0 saturated carbocycles. The van der Waals surface area contributed by atoms with E-state index in [2.05, 4.69) is 25.7 Å². The minimum Gasteiger partial charge on any atom is -0.464 e. The fourth-order valence-corrected chi connectivity index (χ4v) is 1.44. The normalized spacial score (nSPS) is 10.0. The highest BCUT2D eigenvalue weighted by atomic mass is 79.9. The summed E-state index contributed by atoms with van der Waals surface area (Å²) in [6.45, 7) is 1.71. The standard InChI is InChI=1S/C8H8BrClN2O2/c1-3-4(9)5(10)6(11)7(12-3)8(13)14-2/h11H2,1-2H3. The van der Waals surface area contributed by atoms with Crippen molar-refractivity contribution in [2.24, 2.45) is 0 Å². The molecule has 4 nitrogen and oxygen atoms in total. The van der Waals surface area contributed by atoms with E-state index in [0.29, 0.717) is 10.2 Å². The van der Waals surface area contributed by atoms with Crippen LogP contribution in [0.1, 0.15) is 16.2 Å². The summed E-state index contributed by atoms with van der Waals surface area (Å²) in [5.74, 6) is -0.597. The predicted molar refractivity (Wildman–Crippen MR) is 57.4 cm³/mol. The molecule has 1 rings (SSSR count). The van der Waals surface area contributed by atoms with Gasteiger partial charge in [0.2, 0.25) is 0 Å². The molecule has 0 atom stereocenters. The molecular weight excluding hydrogens is 271 g/mol. The molecule has 0 aliphatic rings. The summed E-state index contributed by atoms with van der Waals surface area (Å²) < 4.78 is 5.10. The van der Waals surface area contributed by atoms with Crippen LogP contribution in [-0.4, -0.2) is 18.1 Å². The Bertz CT molecular complexity index is 395. The van der Waals surface area contributed by atoms with Gasteiger partial charge in [-0.2, -0.15) is 0 Å². The first-order valence-electron chi connectivity index (χ1n) is 3.68. The Hall–Kier alpha value is -0.810. The zero-order valence-electron chi connectivity index (χ0n) is 7.60. The SMILES string of the molecule is COC(=O)c1nc(C)c(Br)c(Cl)c1N. The van der Waals surface area contributed by atoms with Crippen molar-refractivity contribution >= 4 is 39.2 Å². The largest absolute Gasteiger partial charge is 0.464 e. The summed E-state index contributed by atoms with van der Waals surface area (Å²) >= 11 is 9.08. The summed E-state index contributed by atoms with van der Waals surface area (Å²) in [4.78, 5) is 15.2. The number of nitrogens with zero attached hydrogens (tertiary/aromatic N) is 1. The molecule has 0 saturated heterocycles. The third kappa shape index (κ3) is 1.83. The molecule has 0 fully saturated rings. The first kappa shape index (κ1) is 11.3. The number of pyridine rings is 1. The van der Waals surface area contributed by atoms with Crippen LogP contribution in [0.4, 0.5) is 5.69 Å². The highest BCUT2D eigenvalue weighted by molar-refractivity contribution is 9.10. The molecule has 0 radical (unpaired) electrons. The Kier molecular flexibility index (Phi) is 3.34. The smallest absolute Gasteiger partial charge is 0.358 e. The average molecular weight is 280 g/mol. The molecule has 1 aromatic rings. The zero-order chi connectivity index (χ0) is 10.9. The van der Waals surface area contributed by atoms with Crippen LogP contribution in [0, 0.1) is 6.92 Å². The van der Waals surface area contributed by atoms with Crippen LogP contribution in [-0.2, 0) is 4.74 Å². The van der Waals surface area contributed by atoms with Gasteiger partial charge in [-0.1, -0.05) is 11.6 Å². The van der Waals surface area contributed by atoms with E-state index in [4.69, 9.17) is 17.3 Å². The van der Waals surface area contributed by atoms with Crippen molar-refractivity contribution in [2.75, 3.05) is 12.8 Å². The molecule has 0 aliphatic carbocycles. The van der Waals surface area contributed by atoms with E-state index >= 15 is 0 Å². The summed E-state index contributed by atoms with van der Waals surface area (Å²) in [7, 11) is 1.26. The molecule has 1 aromatic heterocycles. The quantitative estimate of drug-likeness (QED) is 0.800. The monoisotopic (exact) mass is 278 g/mol. The number of anilines is 1. The minimum atomic E-state index is -0.597. The van der Waals surface area contributed by atoms with E-state index < -0.39 is 5.97 Å². The van der Waals surface area contributed by atoms with Crippen LogP contribution < -0.4 is 5.73 Å². The second-order valence-corrected chi connectivity index (χ2v) is 3.75. The van der Waals surface area contributed by atoms with Gasteiger partial charge in [-0.3, -0.25) is 0 Å². The van der Waals surface area contributed by atoms with Gasteiger partial charge in [0, 0.05) is 0 Å². The van der Waals surface area contributed by atoms with E-state index in [9.17, 15) is 4.79 Å². The molecule has 0 aromatic carbocycles. The van der Waals surface area contributed by atoms with Gasteiger partial charge in [-0.05, 0) is 22.9 Å². The molecule has 0 bridgehead atoms. The first-order chi connectivity index (χ1) is 6.49. The molecule has 76 valence electrons. The number of ether oxygens (including phenoxy) is 1. The molecule has 0 amide bonds. The van der Waals surface area contributed by atoms with Crippen molar-refractivity contribution in [1.29, 1.82) is 0 Å². The lowest BCUT2D eigenvalue weighted by atomic mass is 10.2. The average Bonchev–Trinajstić information content (AvgIpc) is 2.19. The van der Waals surface area contributed by atoms with Crippen molar-refractivity contribution in [1.82, 2.24) is 4.98 Å². The van der Waals surface area contributed by atoms with Crippen LogP contribution in [0.25, 0.3) is 0 Å². The Morgan fingerprint density at radius 3 is 2.71 bits per heavy atom. The topological polar surface area (TPSA) is 65.2 Å². The number of methoxy groups -OCH3 is 1. The van der Waals surface area contributed by atoms with E-state index in [-0.39, 0.29) is 16.4 Å².